The van der Waals surface area contributed by atoms with Gasteiger partial charge < -0.3 is 15.0 Å². The molecule has 2 heterocycles. The highest BCUT2D eigenvalue weighted by atomic mass is 16.4. The maximum atomic E-state index is 12.8. The number of aromatic amines is 1. The number of benzene rings is 1. The van der Waals surface area contributed by atoms with E-state index < -0.39 is 12.0 Å². The molecule has 1 saturated heterocycles. The number of nitrogens with zero attached hydrogens (tertiary/aromatic N) is 1. The molecule has 0 aliphatic carbocycles. The van der Waals surface area contributed by atoms with Crippen LogP contribution in [0.3, 0.4) is 0 Å². The molecule has 1 aromatic carbocycles. The lowest BCUT2D eigenvalue weighted by Gasteiger charge is -2.32. The average molecular weight is 328 g/mol. The van der Waals surface area contributed by atoms with E-state index in [-0.39, 0.29) is 11.3 Å². The summed E-state index contributed by atoms with van der Waals surface area (Å²) in [6.45, 7) is 6.94. The minimum atomic E-state index is -0.922. The Morgan fingerprint density at radius 3 is 2.62 bits per heavy atom. The van der Waals surface area contributed by atoms with Crippen molar-refractivity contribution in [2.24, 2.45) is 0 Å². The molecule has 0 spiro atoms. The van der Waals surface area contributed by atoms with Crippen molar-refractivity contribution in [3.05, 3.63) is 35.5 Å². The zero-order valence-electron chi connectivity index (χ0n) is 14.4. The molecule has 2 aromatic rings. The molecule has 0 bridgehead atoms. The van der Waals surface area contributed by atoms with Crippen LogP contribution in [0.1, 0.15) is 56.1 Å². The van der Waals surface area contributed by atoms with Gasteiger partial charge in [-0.2, -0.15) is 0 Å². The van der Waals surface area contributed by atoms with Crippen molar-refractivity contribution in [1.29, 1.82) is 0 Å². The molecule has 1 aliphatic heterocycles. The van der Waals surface area contributed by atoms with E-state index in [0.717, 1.165) is 23.7 Å². The second-order valence-corrected chi connectivity index (χ2v) is 7.58. The van der Waals surface area contributed by atoms with Gasteiger partial charge in [-0.1, -0.05) is 32.9 Å². The van der Waals surface area contributed by atoms with E-state index in [1.807, 2.05) is 12.1 Å². The smallest absolute Gasteiger partial charge is 0.326 e. The number of piperidine rings is 1. The Labute approximate surface area is 141 Å². The first-order valence-corrected chi connectivity index (χ1v) is 8.44. The highest BCUT2D eigenvalue weighted by Gasteiger charge is 2.33. The predicted molar refractivity (Wildman–Crippen MR) is 93.3 cm³/mol. The van der Waals surface area contributed by atoms with Crippen molar-refractivity contribution in [3.8, 4) is 0 Å². The summed E-state index contributed by atoms with van der Waals surface area (Å²) < 4.78 is 0. The van der Waals surface area contributed by atoms with Crippen molar-refractivity contribution in [2.45, 2.75) is 51.5 Å². The fourth-order valence-electron chi connectivity index (χ4n) is 3.29. The van der Waals surface area contributed by atoms with Crippen LogP contribution in [0.2, 0.25) is 0 Å². The van der Waals surface area contributed by atoms with Crippen molar-refractivity contribution < 1.29 is 14.7 Å². The molecule has 1 atom stereocenters. The Hall–Kier alpha value is -2.30. The van der Waals surface area contributed by atoms with Crippen LogP contribution < -0.4 is 0 Å². The maximum Gasteiger partial charge on any atom is 0.326 e. The Morgan fingerprint density at radius 1 is 1.21 bits per heavy atom. The average Bonchev–Trinajstić information content (AvgIpc) is 2.96. The normalized spacial score (nSPS) is 18.8. The lowest BCUT2D eigenvalue weighted by Crippen LogP contribution is -2.48. The Morgan fingerprint density at radius 2 is 1.96 bits per heavy atom. The quantitative estimate of drug-likeness (QED) is 0.885. The van der Waals surface area contributed by atoms with Gasteiger partial charge in [-0.3, -0.25) is 4.79 Å². The van der Waals surface area contributed by atoms with Gasteiger partial charge in [0.05, 0.1) is 0 Å². The molecule has 1 aliphatic rings. The number of amides is 1. The SMILES string of the molecule is CC(C)(C)c1ccc2cc(C(=O)N3CCCCC3C(=O)O)[nH]c2c1. The summed E-state index contributed by atoms with van der Waals surface area (Å²) in [4.78, 5) is 28.9. The molecule has 1 aromatic heterocycles. The van der Waals surface area contributed by atoms with Gasteiger partial charge in [0.1, 0.15) is 11.7 Å². The van der Waals surface area contributed by atoms with Crippen LogP contribution in [0, 0.1) is 0 Å². The molecule has 5 nitrogen and oxygen atoms in total. The number of carboxylic acid groups (broad SMARTS) is 1. The lowest BCUT2D eigenvalue weighted by atomic mass is 9.87. The molecular formula is C19H24N2O3. The predicted octanol–water partition coefficient (Wildman–Crippen LogP) is 3.54. The first-order valence-electron chi connectivity index (χ1n) is 8.44. The molecule has 128 valence electrons. The van der Waals surface area contributed by atoms with E-state index in [1.165, 1.54) is 10.5 Å². The lowest BCUT2D eigenvalue weighted by molar-refractivity contribution is -0.143. The number of carbonyl (C=O) groups is 2. The van der Waals surface area contributed by atoms with Crippen LogP contribution >= 0.6 is 0 Å². The maximum absolute atomic E-state index is 12.8. The highest BCUT2D eigenvalue weighted by molar-refractivity contribution is 5.99. The zero-order valence-corrected chi connectivity index (χ0v) is 14.4. The van der Waals surface area contributed by atoms with E-state index >= 15 is 0 Å². The monoisotopic (exact) mass is 328 g/mol. The van der Waals surface area contributed by atoms with Gasteiger partial charge in [0, 0.05) is 17.4 Å². The van der Waals surface area contributed by atoms with Gasteiger partial charge in [0.15, 0.2) is 0 Å². The van der Waals surface area contributed by atoms with Gasteiger partial charge >= 0.3 is 5.97 Å². The van der Waals surface area contributed by atoms with Crippen LogP contribution in [0.25, 0.3) is 10.9 Å². The van der Waals surface area contributed by atoms with Gasteiger partial charge in [0.2, 0.25) is 0 Å². The summed E-state index contributed by atoms with van der Waals surface area (Å²) in [6, 6.07) is 7.25. The number of carboxylic acids is 1. The Bertz CT molecular complexity index is 785. The second-order valence-electron chi connectivity index (χ2n) is 7.58. The number of nitrogens with one attached hydrogen (secondary N) is 1. The van der Waals surface area contributed by atoms with E-state index in [9.17, 15) is 14.7 Å². The molecular weight excluding hydrogens is 304 g/mol. The van der Waals surface area contributed by atoms with E-state index in [0.29, 0.717) is 18.7 Å². The van der Waals surface area contributed by atoms with Gasteiger partial charge in [-0.05, 0) is 42.4 Å². The number of likely N-dealkylation sites (tertiary alicyclic amines) is 1. The van der Waals surface area contributed by atoms with Gasteiger partial charge in [-0.25, -0.2) is 4.79 Å². The number of hydrogen-bond acceptors (Lipinski definition) is 2. The summed E-state index contributed by atoms with van der Waals surface area (Å²) in [7, 11) is 0. The van der Waals surface area contributed by atoms with Crippen LogP contribution in [-0.4, -0.2) is 39.5 Å². The molecule has 3 rings (SSSR count). The molecule has 1 unspecified atom stereocenters. The summed E-state index contributed by atoms with van der Waals surface area (Å²) in [5.74, 6) is -1.15. The van der Waals surface area contributed by atoms with Crippen LogP contribution in [0.5, 0.6) is 0 Å². The Kier molecular flexibility index (Phi) is 4.11. The third kappa shape index (κ3) is 3.03. The number of hydrogen-bond donors (Lipinski definition) is 2. The fraction of sp³-hybridized carbons (Fsp3) is 0.474. The molecule has 0 radical (unpaired) electrons. The minimum Gasteiger partial charge on any atom is -0.480 e. The molecule has 1 amide bonds. The van der Waals surface area contributed by atoms with Crippen molar-refractivity contribution in [2.75, 3.05) is 6.54 Å². The van der Waals surface area contributed by atoms with Gasteiger partial charge in [-0.15, -0.1) is 0 Å². The van der Waals surface area contributed by atoms with Crippen molar-refractivity contribution >= 4 is 22.8 Å². The number of fused-ring (bicyclic) bond motifs is 1. The second kappa shape index (κ2) is 5.96. The Balaban J connectivity index is 1.93. The van der Waals surface area contributed by atoms with Crippen LogP contribution in [-0.2, 0) is 10.2 Å². The molecule has 2 N–H and O–H groups in total. The summed E-state index contributed by atoms with van der Waals surface area (Å²) in [5, 5.41) is 10.3. The van der Waals surface area contributed by atoms with Gasteiger partial charge in [0.25, 0.3) is 5.91 Å². The van der Waals surface area contributed by atoms with Crippen LogP contribution in [0.4, 0.5) is 0 Å². The number of aromatic nitrogens is 1. The fourth-order valence-corrected chi connectivity index (χ4v) is 3.29. The van der Waals surface area contributed by atoms with E-state index in [2.05, 4.69) is 37.9 Å². The van der Waals surface area contributed by atoms with Crippen LogP contribution in [0.15, 0.2) is 24.3 Å². The summed E-state index contributed by atoms with van der Waals surface area (Å²) in [6.07, 6.45) is 2.22. The van der Waals surface area contributed by atoms with Crippen molar-refractivity contribution in [3.63, 3.8) is 0 Å². The third-order valence-electron chi connectivity index (χ3n) is 4.77. The number of carbonyl (C=O) groups excluding carboxylic acids is 1. The number of H-pyrrole nitrogens is 1. The largest absolute Gasteiger partial charge is 0.480 e. The topological polar surface area (TPSA) is 73.4 Å². The summed E-state index contributed by atoms with van der Waals surface area (Å²) in [5.41, 5.74) is 2.60. The molecule has 0 saturated carbocycles. The van der Waals surface area contributed by atoms with E-state index in [4.69, 9.17) is 0 Å². The van der Waals surface area contributed by atoms with Crippen molar-refractivity contribution in [1.82, 2.24) is 9.88 Å². The molecule has 24 heavy (non-hydrogen) atoms. The molecule has 5 heteroatoms. The first kappa shape index (κ1) is 16.6. The molecule has 1 fully saturated rings. The first-order chi connectivity index (χ1) is 11.3. The standard InChI is InChI=1S/C19H24N2O3/c1-19(2,3)13-8-7-12-10-15(20-14(12)11-13)17(22)21-9-5-4-6-16(21)18(23)24/h7-8,10-11,16,20H,4-6,9H2,1-3H3,(H,23,24). The highest BCUT2D eigenvalue weighted by Crippen LogP contribution is 2.27. The third-order valence-corrected chi connectivity index (χ3v) is 4.77. The zero-order chi connectivity index (χ0) is 17.5. The number of aliphatic carboxylic acids is 1. The summed E-state index contributed by atoms with van der Waals surface area (Å²) >= 11 is 0. The van der Waals surface area contributed by atoms with E-state index in [1.54, 1.807) is 0 Å². The number of rotatable bonds is 2. The minimum absolute atomic E-state index is 0.0325.